The molecule has 0 heterocycles. The van der Waals surface area contributed by atoms with Gasteiger partial charge in [0.15, 0.2) is 0 Å². The molecule has 0 aliphatic rings. The van der Waals surface area contributed by atoms with Gasteiger partial charge in [-0.15, -0.1) is 6.58 Å². The average Bonchev–Trinajstić information content (AvgIpc) is 1.86. The average molecular weight is 156 g/mol. The van der Waals surface area contributed by atoms with E-state index in [1.54, 1.807) is 0 Å². The summed E-state index contributed by atoms with van der Waals surface area (Å²) in [6.07, 6.45) is 1.60. The lowest BCUT2D eigenvalue weighted by Crippen LogP contribution is -2.46. The third-order valence-corrected chi connectivity index (χ3v) is 1.06. The lowest BCUT2D eigenvalue weighted by Gasteiger charge is -2.16. The molecule has 0 rings (SSSR count). The van der Waals surface area contributed by atoms with E-state index in [0.717, 1.165) is 0 Å². The lowest BCUT2D eigenvalue weighted by atomic mass is 10.2. The van der Waals surface area contributed by atoms with Gasteiger partial charge < -0.3 is 15.2 Å². The van der Waals surface area contributed by atoms with Crippen LogP contribution in [0.4, 0.5) is 0 Å². The lowest BCUT2D eigenvalue weighted by molar-refractivity contribution is -0.308. The molecular formula is C7H10NO3-. The first-order valence-electron chi connectivity index (χ1n) is 3.16. The molecule has 1 atom stereocenters. The van der Waals surface area contributed by atoms with Crippen LogP contribution < -0.4 is 10.4 Å². The monoisotopic (exact) mass is 156 g/mol. The van der Waals surface area contributed by atoms with Gasteiger partial charge in [0, 0.05) is 6.92 Å². The van der Waals surface area contributed by atoms with Crippen LogP contribution in [0.2, 0.25) is 0 Å². The molecule has 4 heteroatoms. The Balaban J connectivity index is 3.99. The van der Waals surface area contributed by atoms with Crippen LogP contribution in [0.5, 0.6) is 0 Å². The summed E-state index contributed by atoms with van der Waals surface area (Å²) in [5, 5.41) is 12.5. The van der Waals surface area contributed by atoms with Crippen molar-refractivity contribution in [1.29, 1.82) is 0 Å². The Morgan fingerprint density at radius 1 is 1.73 bits per heavy atom. The number of rotatable bonds is 4. The number of carbonyl (C=O) groups is 2. The SMILES string of the molecule is C=CC[C@@H](NC(C)=O)C(=O)[O-]. The summed E-state index contributed by atoms with van der Waals surface area (Å²) in [5.41, 5.74) is 0. The van der Waals surface area contributed by atoms with Gasteiger partial charge in [-0.2, -0.15) is 0 Å². The highest BCUT2D eigenvalue weighted by molar-refractivity contribution is 5.81. The Bertz CT molecular complexity index is 177. The van der Waals surface area contributed by atoms with E-state index in [1.165, 1.54) is 13.0 Å². The second-order valence-corrected chi connectivity index (χ2v) is 2.10. The van der Waals surface area contributed by atoms with Crippen LogP contribution in [-0.4, -0.2) is 17.9 Å². The minimum atomic E-state index is -1.29. The van der Waals surface area contributed by atoms with Gasteiger partial charge in [0.2, 0.25) is 5.91 Å². The van der Waals surface area contributed by atoms with Crippen molar-refractivity contribution in [3.8, 4) is 0 Å². The third-order valence-electron chi connectivity index (χ3n) is 1.06. The molecule has 0 fully saturated rings. The van der Waals surface area contributed by atoms with Crippen LogP contribution in [0.1, 0.15) is 13.3 Å². The van der Waals surface area contributed by atoms with Gasteiger partial charge in [0.25, 0.3) is 0 Å². The van der Waals surface area contributed by atoms with E-state index in [9.17, 15) is 14.7 Å². The molecule has 1 N–H and O–H groups in total. The molecule has 0 bridgehead atoms. The Morgan fingerprint density at radius 3 is 2.55 bits per heavy atom. The summed E-state index contributed by atoms with van der Waals surface area (Å²) >= 11 is 0. The molecule has 1 amide bonds. The molecule has 0 aromatic rings. The van der Waals surface area contributed by atoms with Crippen LogP contribution in [0.3, 0.4) is 0 Å². The van der Waals surface area contributed by atoms with Gasteiger partial charge in [-0.1, -0.05) is 6.08 Å². The Kier molecular flexibility index (Phi) is 3.95. The van der Waals surface area contributed by atoms with Crippen LogP contribution in [0.15, 0.2) is 12.7 Å². The zero-order valence-electron chi connectivity index (χ0n) is 6.29. The van der Waals surface area contributed by atoms with Gasteiger partial charge in [-0.25, -0.2) is 0 Å². The zero-order chi connectivity index (χ0) is 8.85. The number of amides is 1. The van der Waals surface area contributed by atoms with Crippen molar-refractivity contribution in [2.45, 2.75) is 19.4 Å². The summed E-state index contributed by atoms with van der Waals surface area (Å²) in [5.74, 6) is -1.68. The van der Waals surface area contributed by atoms with Crippen LogP contribution in [-0.2, 0) is 9.59 Å². The van der Waals surface area contributed by atoms with E-state index >= 15 is 0 Å². The van der Waals surface area contributed by atoms with Gasteiger partial charge in [0.05, 0.1) is 12.0 Å². The normalized spacial score (nSPS) is 11.7. The number of carbonyl (C=O) groups excluding carboxylic acids is 2. The molecule has 11 heavy (non-hydrogen) atoms. The van der Waals surface area contributed by atoms with Crippen LogP contribution >= 0.6 is 0 Å². The van der Waals surface area contributed by atoms with Crippen molar-refractivity contribution in [3.63, 3.8) is 0 Å². The molecule has 0 unspecified atom stereocenters. The summed E-state index contributed by atoms with van der Waals surface area (Å²) in [6.45, 7) is 4.60. The fourth-order valence-corrected chi connectivity index (χ4v) is 0.626. The molecule has 0 aliphatic carbocycles. The molecule has 62 valence electrons. The highest BCUT2D eigenvalue weighted by atomic mass is 16.4. The first kappa shape index (κ1) is 9.68. The fraction of sp³-hybridized carbons (Fsp3) is 0.429. The van der Waals surface area contributed by atoms with Crippen molar-refractivity contribution in [2.75, 3.05) is 0 Å². The summed E-state index contributed by atoms with van der Waals surface area (Å²) in [6, 6.07) is -0.954. The topological polar surface area (TPSA) is 69.2 Å². The Hall–Kier alpha value is -1.32. The molecule has 0 aromatic carbocycles. The van der Waals surface area contributed by atoms with E-state index in [2.05, 4.69) is 11.9 Å². The van der Waals surface area contributed by atoms with Crippen LogP contribution in [0.25, 0.3) is 0 Å². The van der Waals surface area contributed by atoms with E-state index in [-0.39, 0.29) is 12.3 Å². The molecule has 0 radical (unpaired) electrons. The smallest absolute Gasteiger partial charge is 0.217 e. The molecule has 0 aromatic heterocycles. The number of hydrogen-bond donors (Lipinski definition) is 1. The maximum atomic E-state index is 10.4. The minimum absolute atomic E-state index is 0.182. The fourth-order valence-electron chi connectivity index (χ4n) is 0.626. The Labute approximate surface area is 64.9 Å². The van der Waals surface area contributed by atoms with Gasteiger partial charge in [-0.3, -0.25) is 4.79 Å². The number of aliphatic carboxylic acids is 1. The van der Waals surface area contributed by atoms with Gasteiger partial charge in [0.1, 0.15) is 0 Å². The van der Waals surface area contributed by atoms with E-state index in [0.29, 0.717) is 0 Å². The maximum Gasteiger partial charge on any atom is 0.217 e. The predicted octanol–water partition coefficient (Wildman–Crippen LogP) is -1.18. The summed E-state index contributed by atoms with van der Waals surface area (Å²) in [4.78, 5) is 20.6. The van der Waals surface area contributed by atoms with Gasteiger partial charge >= 0.3 is 0 Å². The van der Waals surface area contributed by atoms with Crippen molar-refractivity contribution < 1.29 is 14.7 Å². The van der Waals surface area contributed by atoms with Gasteiger partial charge in [-0.05, 0) is 6.42 Å². The van der Waals surface area contributed by atoms with Crippen LogP contribution in [0, 0.1) is 0 Å². The zero-order valence-corrected chi connectivity index (χ0v) is 6.29. The first-order chi connectivity index (χ1) is 5.07. The van der Waals surface area contributed by atoms with Crippen molar-refractivity contribution in [3.05, 3.63) is 12.7 Å². The summed E-state index contributed by atoms with van der Waals surface area (Å²) < 4.78 is 0. The minimum Gasteiger partial charge on any atom is -0.548 e. The number of hydrogen-bond acceptors (Lipinski definition) is 3. The second kappa shape index (κ2) is 4.49. The number of nitrogens with one attached hydrogen (secondary N) is 1. The largest absolute Gasteiger partial charge is 0.548 e. The summed E-state index contributed by atoms with van der Waals surface area (Å²) in [7, 11) is 0. The van der Waals surface area contributed by atoms with Crippen molar-refractivity contribution in [2.24, 2.45) is 0 Å². The molecule has 4 nitrogen and oxygen atoms in total. The van der Waals surface area contributed by atoms with E-state index in [4.69, 9.17) is 0 Å². The van der Waals surface area contributed by atoms with E-state index < -0.39 is 12.0 Å². The Morgan fingerprint density at radius 2 is 2.27 bits per heavy atom. The van der Waals surface area contributed by atoms with Crippen molar-refractivity contribution >= 4 is 11.9 Å². The highest BCUT2D eigenvalue weighted by Crippen LogP contribution is 1.90. The van der Waals surface area contributed by atoms with E-state index in [1.807, 2.05) is 0 Å². The second-order valence-electron chi connectivity index (χ2n) is 2.10. The first-order valence-corrected chi connectivity index (χ1v) is 3.16. The number of carboxylic acids is 1. The quantitative estimate of drug-likeness (QED) is 0.521. The molecular weight excluding hydrogens is 146 g/mol. The predicted molar refractivity (Wildman–Crippen MR) is 37.4 cm³/mol. The maximum absolute atomic E-state index is 10.4. The molecule has 0 saturated heterocycles. The molecule has 0 saturated carbocycles. The number of carboxylic acid groups (broad SMARTS) is 1. The van der Waals surface area contributed by atoms with Crippen molar-refractivity contribution in [1.82, 2.24) is 5.32 Å². The standard InChI is InChI=1S/C7H11NO3/c1-3-4-6(7(10)11)8-5(2)9/h3,6H,1,4H2,2H3,(H,8,9)(H,10,11)/p-1/t6-/m1/s1. The molecule has 0 spiro atoms. The third kappa shape index (κ3) is 4.13. The molecule has 0 aliphatic heterocycles. The highest BCUT2D eigenvalue weighted by Gasteiger charge is 2.07.